The number of hydrogen-bond donors (Lipinski definition) is 1. The van der Waals surface area contributed by atoms with Crippen LogP contribution >= 0.6 is 0 Å². The first kappa shape index (κ1) is 28.1. The highest BCUT2D eigenvalue weighted by Crippen LogP contribution is 2.30. The van der Waals surface area contributed by atoms with E-state index in [1.165, 1.54) is 11.8 Å². The Labute approximate surface area is 185 Å². The Balaban J connectivity index is 0.00000272. The van der Waals surface area contributed by atoms with Gasteiger partial charge in [0.25, 0.3) is 5.91 Å². The fraction of sp³-hybridized carbons (Fsp3) is 0.615. The van der Waals surface area contributed by atoms with Crippen LogP contribution in [0.5, 0.6) is 0 Å². The van der Waals surface area contributed by atoms with Crippen molar-refractivity contribution in [1.82, 2.24) is 10.2 Å². The van der Waals surface area contributed by atoms with E-state index in [1.807, 2.05) is 40.7 Å². The van der Waals surface area contributed by atoms with Crippen LogP contribution in [0, 0.1) is 5.92 Å². The van der Waals surface area contributed by atoms with Crippen molar-refractivity contribution in [3.63, 3.8) is 0 Å². The van der Waals surface area contributed by atoms with Gasteiger partial charge in [-0.05, 0) is 71.5 Å². The standard InChI is InChI=1S/C23H35N3O.C2H6.CH4/c1-6-10-21(24-17-22(27)25-23(3,4)5)20-13-15-26(16-14-20)18(2)19-11-8-7-9-12-19;1-2;/h6-9,11-12,17-18,20-21H,1,10,13-16H2,2-5H3,(H,25,27);1-2H3;1H4. The lowest BCUT2D eigenvalue weighted by Gasteiger charge is -2.38. The maximum Gasteiger partial charge on any atom is 0.262 e. The van der Waals surface area contributed by atoms with Gasteiger partial charge in [-0.25, -0.2) is 0 Å². The fourth-order valence-electron chi connectivity index (χ4n) is 3.74. The van der Waals surface area contributed by atoms with Gasteiger partial charge in [-0.15, -0.1) is 6.58 Å². The van der Waals surface area contributed by atoms with Gasteiger partial charge in [-0.2, -0.15) is 0 Å². The van der Waals surface area contributed by atoms with Crippen LogP contribution < -0.4 is 5.32 Å². The van der Waals surface area contributed by atoms with Crippen molar-refractivity contribution in [2.45, 2.75) is 85.9 Å². The summed E-state index contributed by atoms with van der Waals surface area (Å²) < 4.78 is 0. The molecule has 0 bridgehead atoms. The highest BCUT2D eigenvalue weighted by atomic mass is 16.1. The van der Waals surface area contributed by atoms with Gasteiger partial charge in [0.15, 0.2) is 0 Å². The van der Waals surface area contributed by atoms with Crippen LogP contribution in [0.3, 0.4) is 0 Å². The molecule has 1 fully saturated rings. The summed E-state index contributed by atoms with van der Waals surface area (Å²) >= 11 is 0. The number of piperidine rings is 1. The van der Waals surface area contributed by atoms with Crippen molar-refractivity contribution in [2.24, 2.45) is 10.9 Å². The van der Waals surface area contributed by atoms with Gasteiger partial charge < -0.3 is 5.32 Å². The lowest BCUT2D eigenvalue weighted by molar-refractivity contribution is -0.115. The highest BCUT2D eigenvalue weighted by Gasteiger charge is 2.28. The summed E-state index contributed by atoms with van der Waals surface area (Å²) in [5, 5.41) is 2.94. The van der Waals surface area contributed by atoms with Crippen LogP contribution in [0.15, 0.2) is 48.0 Å². The SMILES string of the molecule is C.C=CCC(N=CC(=O)NC(C)(C)C)C1CCN(C(C)c2ccccc2)CC1.CC. The molecule has 4 heteroatoms. The Morgan fingerprint density at radius 1 is 1.23 bits per heavy atom. The van der Waals surface area contributed by atoms with E-state index in [4.69, 9.17) is 0 Å². The molecule has 0 radical (unpaired) electrons. The van der Waals surface area contributed by atoms with Crippen LogP contribution in [-0.4, -0.2) is 41.7 Å². The molecular formula is C26H45N3O. The third-order valence-corrected chi connectivity index (χ3v) is 5.24. The third kappa shape index (κ3) is 9.71. The summed E-state index contributed by atoms with van der Waals surface area (Å²) in [6.45, 7) is 18.2. The summed E-state index contributed by atoms with van der Waals surface area (Å²) in [7, 11) is 0. The first-order chi connectivity index (χ1) is 13.8. The monoisotopic (exact) mass is 415 g/mol. The molecule has 0 spiro atoms. The lowest BCUT2D eigenvalue weighted by Crippen LogP contribution is -2.42. The number of nitrogens with zero attached hydrogens (tertiary/aromatic N) is 2. The molecule has 1 heterocycles. The molecule has 170 valence electrons. The molecule has 1 aliphatic rings. The van der Waals surface area contributed by atoms with Gasteiger partial charge in [0.05, 0.1) is 12.3 Å². The molecule has 1 aromatic rings. The molecule has 2 rings (SSSR count). The summed E-state index contributed by atoms with van der Waals surface area (Å²) in [5.41, 5.74) is 1.13. The van der Waals surface area contributed by atoms with Crippen molar-refractivity contribution >= 4 is 12.1 Å². The zero-order valence-corrected chi connectivity index (χ0v) is 19.3. The van der Waals surface area contributed by atoms with E-state index in [9.17, 15) is 4.79 Å². The number of nitrogens with one attached hydrogen (secondary N) is 1. The Morgan fingerprint density at radius 3 is 2.30 bits per heavy atom. The number of aliphatic imine (C=N–C) groups is 1. The van der Waals surface area contributed by atoms with Gasteiger partial charge in [-0.3, -0.25) is 14.7 Å². The van der Waals surface area contributed by atoms with E-state index in [-0.39, 0.29) is 24.9 Å². The molecule has 1 aromatic carbocycles. The number of hydrogen-bond acceptors (Lipinski definition) is 3. The van der Waals surface area contributed by atoms with Crippen LogP contribution in [-0.2, 0) is 4.79 Å². The molecular weight excluding hydrogens is 370 g/mol. The van der Waals surface area contributed by atoms with Crippen molar-refractivity contribution in [2.75, 3.05) is 13.1 Å². The van der Waals surface area contributed by atoms with Gasteiger partial charge in [0.2, 0.25) is 0 Å². The molecule has 1 aliphatic heterocycles. The molecule has 0 saturated carbocycles. The zero-order valence-electron chi connectivity index (χ0n) is 19.3. The predicted molar refractivity (Wildman–Crippen MR) is 132 cm³/mol. The van der Waals surface area contributed by atoms with E-state index < -0.39 is 0 Å². The van der Waals surface area contributed by atoms with Gasteiger partial charge >= 0.3 is 0 Å². The third-order valence-electron chi connectivity index (χ3n) is 5.24. The minimum absolute atomic E-state index is 0. The minimum Gasteiger partial charge on any atom is -0.347 e. The number of amides is 1. The van der Waals surface area contributed by atoms with Crippen molar-refractivity contribution in [3.05, 3.63) is 48.6 Å². The molecule has 1 N–H and O–H groups in total. The molecule has 1 saturated heterocycles. The number of carbonyl (C=O) groups is 1. The second kappa shape index (κ2) is 14.1. The van der Waals surface area contributed by atoms with Crippen LogP contribution in [0.4, 0.5) is 0 Å². The number of carbonyl (C=O) groups excluding carboxylic acids is 1. The van der Waals surface area contributed by atoms with E-state index >= 15 is 0 Å². The largest absolute Gasteiger partial charge is 0.347 e. The predicted octanol–water partition coefficient (Wildman–Crippen LogP) is 6.05. The minimum atomic E-state index is -0.240. The highest BCUT2D eigenvalue weighted by molar-refractivity contribution is 6.26. The summed E-state index contributed by atoms with van der Waals surface area (Å²) in [4.78, 5) is 19.2. The second-order valence-corrected chi connectivity index (χ2v) is 8.57. The number of benzene rings is 1. The molecule has 4 nitrogen and oxygen atoms in total. The van der Waals surface area contributed by atoms with E-state index in [0.29, 0.717) is 12.0 Å². The molecule has 2 unspecified atom stereocenters. The molecule has 2 atom stereocenters. The zero-order chi connectivity index (χ0) is 21.9. The van der Waals surface area contributed by atoms with Crippen molar-refractivity contribution in [1.29, 1.82) is 0 Å². The molecule has 1 amide bonds. The Bertz CT molecular complexity index is 625. The molecule has 30 heavy (non-hydrogen) atoms. The molecule has 0 aromatic heterocycles. The van der Waals surface area contributed by atoms with Crippen molar-refractivity contribution < 1.29 is 4.79 Å². The first-order valence-corrected chi connectivity index (χ1v) is 11.1. The fourth-order valence-corrected chi connectivity index (χ4v) is 3.74. The van der Waals surface area contributed by atoms with Gasteiger partial charge in [0.1, 0.15) is 0 Å². The first-order valence-electron chi connectivity index (χ1n) is 11.1. The summed E-state index contributed by atoms with van der Waals surface area (Å²) in [5.74, 6) is 0.382. The maximum atomic E-state index is 12.1. The smallest absolute Gasteiger partial charge is 0.262 e. The quantitative estimate of drug-likeness (QED) is 0.435. The summed E-state index contributed by atoms with van der Waals surface area (Å²) in [6.07, 6.45) is 6.42. The summed E-state index contributed by atoms with van der Waals surface area (Å²) in [6, 6.07) is 11.3. The second-order valence-electron chi connectivity index (χ2n) is 8.57. The van der Waals surface area contributed by atoms with Gasteiger partial charge in [0, 0.05) is 11.6 Å². The average molecular weight is 416 g/mol. The topological polar surface area (TPSA) is 44.7 Å². The number of rotatable bonds is 7. The van der Waals surface area contributed by atoms with Crippen molar-refractivity contribution in [3.8, 4) is 0 Å². The lowest BCUT2D eigenvalue weighted by atomic mass is 9.87. The Hall–Kier alpha value is -1.94. The van der Waals surface area contributed by atoms with Crippen LogP contribution in [0.2, 0.25) is 0 Å². The number of likely N-dealkylation sites (tertiary alicyclic amines) is 1. The molecule has 0 aliphatic carbocycles. The average Bonchev–Trinajstić information content (AvgIpc) is 2.71. The maximum absolute atomic E-state index is 12.1. The van der Waals surface area contributed by atoms with Crippen LogP contribution in [0.25, 0.3) is 0 Å². The van der Waals surface area contributed by atoms with E-state index in [0.717, 1.165) is 32.4 Å². The normalized spacial score (nSPS) is 17.3. The van der Waals surface area contributed by atoms with Gasteiger partial charge in [-0.1, -0.05) is 57.7 Å². The Kier molecular flexibility index (Phi) is 13.2. The Morgan fingerprint density at radius 2 is 1.80 bits per heavy atom. The van der Waals surface area contributed by atoms with E-state index in [2.05, 4.69) is 59.0 Å². The van der Waals surface area contributed by atoms with Crippen LogP contribution in [0.1, 0.15) is 79.8 Å². The van der Waals surface area contributed by atoms with E-state index in [1.54, 1.807) is 0 Å².